The van der Waals surface area contributed by atoms with Crippen molar-refractivity contribution in [1.82, 2.24) is 0 Å². The molecule has 1 atom stereocenters. The van der Waals surface area contributed by atoms with Gasteiger partial charge >= 0.3 is 5.97 Å². The zero-order valence-corrected chi connectivity index (χ0v) is 12.6. The minimum absolute atomic E-state index is 0.0328. The van der Waals surface area contributed by atoms with Gasteiger partial charge in [0, 0.05) is 12.0 Å². The van der Waals surface area contributed by atoms with Gasteiger partial charge < -0.3 is 4.74 Å². The second kappa shape index (κ2) is 7.16. The average Bonchev–Trinajstić information content (AvgIpc) is 2.44. The molecule has 0 heterocycles. The number of rotatable bonds is 5. The maximum Gasteiger partial charge on any atom is 0.306 e. The minimum Gasteiger partial charge on any atom is -0.463 e. The summed E-state index contributed by atoms with van der Waals surface area (Å²) in [5.74, 6) is -2.16. The van der Waals surface area contributed by atoms with Crippen molar-refractivity contribution in [2.45, 2.75) is 32.3 Å². The Morgan fingerprint density at radius 1 is 1.00 bits per heavy atom. The molecule has 0 N–H and O–H groups in total. The zero-order valence-electron chi connectivity index (χ0n) is 12.6. The number of hydrogen-bond donors (Lipinski definition) is 0. The standard InChI is InChI=1S/C18H18F2O2/c1-12(2)22-18(21)11-17(13-6-4-3-5-7-13)14-8-15(19)10-16(20)9-14/h3-10,12,17H,11H2,1-2H3/t17-/m1/s1. The van der Waals surface area contributed by atoms with Crippen LogP contribution in [-0.2, 0) is 9.53 Å². The van der Waals surface area contributed by atoms with Crippen LogP contribution >= 0.6 is 0 Å². The molecule has 22 heavy (non-hydrogen) atoms. The van der Waals surface area contributed by atoms with E-state index in [0.717, 1.165) is 11.6 Å². The Balaban J connectivity index is 2.35. The Bertz CT molecular complexity index is 619. The van der Waals surface area contributed by atoms with Gasteiger partial charge in [-0.25, -0.2) is 8.78 Å². The van der Waals surface area contributed by atoms with E-state index in [0.29, 0.717) is 5.56 Å². The molecule has 0 aliphatic heterocycles. The molecule has 0 unspecified atom stereocenters. The lowest BCUT2D eigenvalue weighted by Crippen LogP contribution is -2.16. The first-order valence-corrected chi connectivity index (χ1v) is 7.16. The van der Waals surface area contributed by atoms with Crippen LogP contribution in [0.25, 0.3) is 0 Å². The largest absolute Gasteiger partial charge is 0.463 e. The van der Waals surface area contributed by atoms with Gasteiger partial charge in [0.25, 0.3) is 0 Å². The lowest BCUT2D eigenvalue weighted by atomic mass is 9.88. The highest BCUT2D eigenvalue weighted by Gasteiger charge is 2.21. The third-order valence-electron chi connectivity index (χ3n) is 3.23. The summed E-state index contributed by atoms with van der Waals surface area (Å²) >= 11 is 0. The van der Waals surface area contributed by atoms with Crippen LogP contribution in [0.4, 0.5) is 8.78 Å². The molecule has 2 nitrogen and oxygen atoms in total. The lowest BCUT2D eigenvalue weighted by molar-refractivity contribution is -0.147. The van der Waals surface area contributed by atoms with Crippen molar-refractivity contribution in [3.8, 4) is 0 Å². The first-order chi connectivity index (χ1) is 10.5. The first-order valence-electron chi connectivity index (χ1n) is 7.16. The molecular formula is C18H18F2O2. The van der Waals surface area contributed by atoms with Crippen molar-refractivity contribution >= 4 is 5.97 Å². The van der Waals surface area contributed by atoms with E-state index in [1.54, 1.807) is 13.8 Å². The van der Waals surface area contributed by atoms with Gasteiger partial charge in [-0.2, -0.15) is 0 Å². The summed E-state index contributed by atoms with van der Waals surface area (Å²) in [4.78, 5) is 12.0. The molecule has 2 aromatic carbocycles. The van der Waals surface area contributed by atoms with Gasteiger partial charge in [-0.05, 0) is 37.1 Å². The summed E-state index contributed by atoms with van der Waals surface area (Å²) in [5.41, 5.74) is 1.23. The second-order valence-corrected chi connectivity index (χ2v) is 5.41. The Labute approximate surface area is 128 Å². The van der Waals surface area contributed by atoms with E-state index in [4.69, 9.17) is 4.74 Å². The highest BCUT2D eigenvalue weighted by Crippen LogP contribution is 2.29. The summed E-state index contributed by atoms with van der Waals surface area (Å²) in [6.45, 7) is 3.52. The highest BCUT2D eigenvalue weighted by molar-refractivity contribution is 5.71. The Morgan fingerprint density at radius 2 is 1.59 bits per heavy atom. The fourth-order valence-electron chi connectivity index (χ4n) is 2.37. The molecule has 0 saturated carbocycles. The van der Waals surface area contributed by atoms with Crippen molar-refractivity contribution in [2.75, 3.05) is 0 Å². The number of carbonyl (C=O) groups excluding carboxylic acids is 1. The van der Waals surface area contributed by atoms with Crippen LogP contribution in [0.1, 0.15) is 37.3 Å². The summed E-state index contributed by atoms with van der Waals surface area (Å²) in [6, 6.07) is 12.5. The summed E-state index contributed by atoms with van der Waals surface area (Å²) in [7, 11) is 0. The van der Waals surface area contributed by atoms with Gasteiger partial charge in [-0.3, -0.25) is 4.79 Å². The fraction of sp³-hybridized carbons (Fsp3) is 0.278. The summed E-state index contributed by atoms with van der Waals surface area (Å²) < 4.78 is 32.1. The predicted molar refractivity (Wildman–Crippen MR) is 80.5 cm³/mol. The molecule has 0 aliphatic carbocycles. The molecule has 2 rings (SSSR count). The normalized spacial score (nSPS) is 12.2. The molecule has 4 heteroatoms. The van der Waals surface area contributed by atoms with Gasteiger partial charge in [-0.1, -0.05) is 30.3 Å². The Hall–Kier alpha value is -2.23. The van der Waals surface area contributed by atoms with Gasteiger partial charge in [-0.15, -0.1) is 0 Å². The monoisotopic (exact) mass is 304 g/mol. The average molecular weight is 304 g/mol. The van der Waals surface area contributed by atoms with Crippen LogP contribution in [0.15, 0.2) is 48.5 Å². The molecule has 116 valence electrons. The minimum atomic E-state index is -0.659. The Morgan fingerprint density at radius 3 is 2.14 bits per heavy atom. The molecule has 0 fully saturated rings. The predicted octanol–water partition coefficient (Wildman–Crippen LogP) is 4.44. The second-order valence-electron chi connectivity index (χ2n) is 5.41. The van der Waals surface area contributed by atoms with E-state index in [-0.39, 0.29) is 12.5 Å². The molecule has 2 aromatic rings. The molecule has 0 spiro atoms. The van der Waals surface area contributed by atoms with Crippen molar-refractivity contribution in [2.24, 2.45) is 0 Å². The smallest absolute Gasteiger partial charge is 0.306 e. The van der Waals surface area contributed by atoms with Gasteiger partial charge in [0.05, 0.1) is 12.5 Å². The van der Waals surface area contributed by atoms with Crippen LogP contribution in [0.2, 0.25) is 0 Å². The first kappa shape index (κ1) is 16.1. The van der Waals surface area contributed by atoms with Crippen LogP contribution in [0.5, 0.6) is 0 Å². The van der Waals surface area contributed by atoms with E-state index in [1.807, 2.05) is 30.3 Å². The maximum absolute atomic E-state index is 13.5. The van der Waals surface area contributed by atoms with E-state index in [9.17, 15) is 13.6 Å². The summed E-state index contributed by atoms with van der Waals surface area (Å²) in [5, 5.41) is 0. The van der Waals surface area contributed by atoms with E-state index >= 15 is 0 Å². The number of ether oxygens (including phenoxy) is 1. The molecule has 0 aromatic heterocycles. The molecule has 0 saturated heterocycles. The molecule has 0 aliphatic rings. The molecule has 0 radical (unpaired) electrons. The molecule has 0 bridgehead atoms. The third kappa shape index (κ3) is 4.38. The van der Waals surface area contributed by atoms with Crippen molar-refractivity contribution in [1.29, 1.82) is 0 Å². The molecular weight excluding hydrogens is 286 g/mol. The number of carbonyl (C=O) groups is 1. The quantitative estimate of drug-likeness (QED) is 0.763. The van der Waals surface area contributed by atoms with E-state index < -0.39 is 23.5 Å². The third-order valence-corrected chi connectivity index (χ3v) is 3.23. The van der Waals surface area contributed by atoms with E-state index in [1.165, 1.54) is 12.1 Å². The Kier molecular flexibility index (Phi) is 5.26. The van der Waals surface area contributed by atoms with Crippen LogP contribution in [0, 0.1) is 11.6 Å². The van der Waals surface area contributed by atoms with Crippen LogP contribution in [-0.4, -0.2) is 12.1 Å². The number of benzene rings is 2. The van der Waals surface area contributed by atoms with E-state index in [2.05, 4.69) is 0 Å². The SMILES string of the molecule is CC(C)OC(=O)C[C@H](c1ccccc1)c1cc(F)cc(F)c1. The summed E-state index contributed by atoms with van der Waals surface area (Å²) in [6.07, 6.45) is -0.196. The van der Waals surface area contributed by atoms with Crippen molar-refractivity contribution < 1.29 is 18.3 Å². The number of esters is 1. The van der Waals surface area contributed by atoms with Crippen molar-refractivity contribution in [3.05, 3.63) is 71.3 Å². The van der Waals surface area contributed by atoms with Gasteiger partial charge in [0.1, 0.15) is 11.6 Å². The van der Waals surface area contributed by atoms with Crippen LogP contribution < -0.4 is 0 Å². The number of hydrogen-bond acceptors (Lipinski definition) is 2. The molecule has 0 amide bonds. The zero-order chi connectivity index (χ0) is 16.1. The topological polar surface area (TPSA) is 26.3 Å². The van der Waals surface area contributed by atoms with Crippen LogP contribution in [0.3, 0.4) is 0 Å². The van der Waals surface area contributed by atoms with Gasteiger partial charge in [0.2, 0.25) is 0 Å². The lowest BCUT2D eigenvalue weighted by Gasteiger charge is -2.18. The maximum atomic E-state index is 13.5. The highest BCUT2D eigenvalue weighted by atomic mass is 19.1. The van der Waals surface area contributed by atoms with Crippen molar-refractivity contribution in [3.63, 3.8) is 0 Å². The number of halogens is 2. The fourth-order valence-corrected chi connectivity index (χ4v) is 2.37. The van der Waals surface area contributed by atoms with Gasteiger partial charge in [0.15, 0.2) is 0 Å².